The standard InChI is InChI=1S/C23H23N3O4S/c1-3-26-16-9-14(5-7-18(16)30-11-20(26)28)17(27)10-25-12-24-22-21(23(25)29)15-6-4-13(2)8-19(15)31-22/h5,7,9,12-13H,3-4,6,8,10-11H2,1-2H3. The topological polar surface area (TPSA) is 81.5 Å². The van der Waals surface area contributed by atoms with Crippen LogP contribution in [0.4, 0.5) is 5.69 Å². The maximum absolute atomic E-state index is 13.2. The van der Waals surface area contributed by atoms with Crippen LogP contribution in [0.3, 0.4) is 0 Å². The highest BCUT2D eigenvalue weighted by Gasteiger charge is 2.26. The number of ketones is 1. The van der Waals surface area contributed by atoms with Gasteiger partial charge < -0.3 is 9.64 Å². The number of Topliss-reactive ketones (excluding diaryl/α,β-unsaturated/α-hetero) is 1. The zero-order valence-corrected chi connectivity index (χ0v) is 18.3. The molecule has 8 heteroatoms. The summed E-state index contributed by atoms with van der Waals surface area (Å²) in [5, 5.41) is 0.670. The number of carbonyl (C=O) groups excluding carboxylic acids is 2. The molecular weight excluding hydrogens is 414 g/mol. The molecule has 160 valence electrons. The van der Waals surface area contributed by atoms with Gasteiger partial charge in [-0.1, -0.05) is 6.92 Å². The van der Waals surface area contributed by atoms with Crippen LogP contribution in [-0.2, 0) is 24.2 Å². The lowest BCUT2D eigenvalue weighted by molar-refractivity contribution is -0.121. The summed E-state index contributed by atoms with van der Waals surface area (Å²) >= 11 is 1.60. The Hall–Kier alpha value is -3.00. The van der Waals surface area contributed by atoms with Gasteiger partial charge in [0.2, 0.25) is 0 Å². The first-order valence-electron chi connectivity index (χ1n) is 10.6. The SMILES string of the molecule is CCN1C(=O)COc2ccc(C(=O)Cn3cnc4sc5c(c4c3=O)CCC(C)C5)cc21. The molecule has 0 radical (unpaired) electrons. The molecule has 1 atom stereocenters. The molecule has 0 spiro atoms. The molecule has 1 aliphatic heterocycles. The van der Waals surface area contributed by atoms with Crippen molar-refractivity contribution in [2.45, 2.75) is 39.7 Å². The minimum atomic E-state index is -0.210. The van der Waals surface area contributed by atoms with E-state index in [0.29, 0.717) is 34.8 Å². The average molecular weight is 438 g/mol. The van der Waals surface area contributed by atoms with Gasteiger partial charge in [0.1, 0.15) is 10.6 Å². The molecule has 3 aromatic rings. The molecule has 0 bridgehead atoms. The molecule has 0 fully saturated rings. The van der Waals surface area contributed by atoms with Gasteiger partial charge in [-0.3, -0.25) is 19.0 Å². The molecule has 5 rings (SSSR count). The van der Waals surface area contributed by atoms with Crippen molar-refractivity contribution in [1.82, 2.24) is 9.55 Å². The Kier molecular flexibility index (Phi) is 4.89. The van der Waals surface area contributed by atoms with E-state index in [-0.39, 0.29) is 30.4 Å². The van der Waals surface area contributed by atoms with E-state index in [4.69, 9.17) is 4.74 Å². The Labute approximate surface area is 183 Å². The molecule has 2 aliphatic rings. The van der Waals surface area contributed by atoms with Gasteiger partial charge in [-0.25, -0.2) is 4.98 Å². The predicted octanol–water partition coefficient (Wildman–Crippen LogP) is 3.21. The minimum Gasteiger partial charge on any atom is -0.482 e. The Morgan fingerprint density at radius 2 is 2.16 bits per heavy atom. The molecule has 1 unspecified atom stereocenters. The largest absolute Gasteiger partial charge is 0.482 e. The van der Waals surface area contributed by atoms with Crippen LogP contribution in [-0.4, -0.2) is 34.4 Å². The second-order valence-electron chi connectivity index (χ2n) is 8.24. The molecule has 0 N–H and O–H groups in total. The summed E-state index contributed by atoms with van der Waals surface area (Å²) in [6.07, 6.45) is 4.41. The molecule has 1 aliphatic carbocycles. The zero-order chi connectivity index (χ0) is 21.7. The fraction of sp³-hybridized carbons (Fsp3) is 0.391. The van der Waals surface area contributed by atoms with Gasteiger partial charge in [0, 0.05) is 17.0 Å². The van der Waals surface area contributed by atoms with Crippen molar-refractivity contribution in [2.24, 2.45) is 5.92 Å². The number of likely N-dealkylation sites (N-methyl/N-ethyl adjacent to an activating group) is 1. The number of hydrogen-bond acceptors (Lipinski definition) is 6. The third-order valence-corrected chi connectivity index (χ3v) is 7.30. The van der Waals surface area contributed by atoms with Gasteiger partial charge >= 0.3 is 0 Å². The summed E-state index contributed by atoms with van der Waals surface area (Å²) in [4.78, 5) is 46.4. The first kappa shape index (κ1) is 19.9. The maximum atomic E-state index is 13.2. The number of fused-ring (bicyclic) bond motifs is 4. The third-order valence-electron chi connectivity index (χ3n) is 6.14. The van der Waals surface area contributed by atoms with E-state index in [2.05, 4.69) is 11.9 Å². The average Bonchev–Trinajstić information content (AvgIpc) is 3.13. The van der Waals surface area contributed by atoms with Gasteiger partial charge in [0.25, 0.3) is 11.5 Å². The van der Waals surface area contributed by atoms with Crippen LogP contribution in [0.1, 0.15) is 41.1 Å². The van der Waals surface area contributed by atoms with Crippen LogP contribution >= 0.6 is 11.3 Å². The Morgan fingerprint density at radius 3 is 2.97 bits per heavy atom. The van der Waals surface area contributed by atoms with Crippen LogP contribution < -0.4 is 15.2 Å². The lowest BCUT2D eigenvalue weighted by atomic mass is 9.89. The normalized spacial score (nSPS) is 17.9. The Balaban J connectivity index is 1.47. The second-order valence-corrected chi connectivity index (χ2v) is 9.33. The van der Waals surface area contributed by atoms with Crippen LogP contribution in [0.25, 0.3) is 10.2 Å². The monoisotopic (exact) mass is 437 g/mol. The fourth-order valence-electron chi connectivity index (χ4n) is 4.45. The second kappa shape index (κ2) is 7.60. The molecule has 31 heavy (non-hydrogen) atoms. The molecular formula is C23H23N3O4S. The third kappa shape index (κ3) is 3.35. The summed E-state index contributed by atoms with van der Waals surface area (Å²) in [7, 11) is 0. The molecule has 2 aromatic heterocycles. The highest BCUT2D eigenvalue weighted by atomic mass is 32.1. The van der Waals surface area contributed by atoms with Crippen molar-refractivity contribution in [3.8, 4) is 5.75 Å². The summed E-state index contributed by atoms with van der Waals surface area (Å²) < 4.78 is 6.87. The molecule has 0 saturated heterocycles. The summed E-state index contributed by atoms with van der Waals surface area (Å²) in [5.41, 5.74) is 1.98. The number of aryl methyl sites for hydroxylation is 1. The smallest absolute Gasteiger partial charge is 0.265 e. The number of aromatic nitrogens is 2. The number of hydrogen-bond donors (Lipinski definition) is 0. The van der Waals surface area contributed by atoms with E-state index in [0.717, 1.165) is 29.7 Å². The number of anilines is 1. The number of amides is 1. The van der Waals surface area contributed by atoms with Crippen LogP contribution in [0.5, 0.6) is 5.75 Å². The number of carbonyl (C=O) groups is 2. The van der Waals surface area contributed by atoms with Crippen molar-refractivity contribution in [2.75, 3.05) is 18.1 Å². The summed E-state index contributed by atoms with van der Waals surface area (Å²) in [6.45, 7) is 4.51. The lowest BCUT2D eigenvalue weighted by Crippen LogP contribution is -2.38. The Bertz CT molecular complexity index is 1280. The molecule has 1 amide bonds. The van der Waals surface area contributed by atoms with Crippen molar-refractivity contribution in [3.05, 3.63) is 50.9 Å². The molecule has 3 heterocycles. The van der Waals surface area contributed by atoms with E-state index in [1.807, 2.05) is 6.92 Å². The zero-order valence-electron chi connectivity index (χ0n) is 17.5. The predicted molar refractivity (Wildman–Crippen MR) is 119 cm³/mol. The quantitative estimate of drug-likeness (QED) is 0.586. The van der Waals surface area contributed by atoms with E-state index < -0.39 is 0 Å². The summed E-state index contributed by atoms with van der Waals surface area (Å²) in [5.74, 6) is 0.851. The van der Waals surface area contributed by atoms with Gasteiger partial charge in [-0.05, 0) is 55.9 Å². The van der Waals surface area contributed by atoms with E-state index >= 15 is 0 Å². The van der Waals surface area contributed by atoms with Gasteiger partial charge in [-0.2, -0.15) is 0 Å². The Morgan fingerprint density at radius 1 is 1.32 bits per heavy atom. The highest BCUT2D eigenvalue weighted by Crippen LogP contribution is 2.36. The maximum Gasteiger partial charge on any atom is 0.265 e. The minimum absolute atomic E-state index is 0.00104. The number of ether oxygens (including phenoxy) is 1. The van der Waals surface area contributed by atoms with Crippen LogP contribution in [0.2, 0.25) is 0 Å². The van der Waals surface area contributed by atoms with Crippen molar-refractivity contribution in [1.29, 1.82) is 0 Å². The molecule has 1 aromatic carbocycles. The number of benzene rings is 1. The lowest BCUT2D eigenvalue weighted by Gasteiger charge is -2.28. The van der Waals surface area contributed by atoms with Gasteiger partial charge in [0.05, 0.1) is 23.9 Å². The highest BCUT2D eigenvalue weighted by molar-refractivity contribution is 7.18. The van der Waals surface area contributed by atoms with Crippen molar-refractivity contribution < 1.29 is 14.3 Å². The van der Waals surface area contributed by atoms with Crippen molar-refractivity contribution in [3.63, 3.8) is 0 Å². The van der Waals surface area contributed by atoms with Gasteiger partial charge in [0.15, 0.2) is 12.4 Å². The number of thiophene rings is 1. The number of nitrogens with zero attached hydrogens (tertiary/aromatic N) is 3. The first-order valence-corrected chi connectivity index (χ1v) is 11.4. The van der Waals surface area contributed by atoms with Crippen molar-refractivity contribution >= 4 is 38.9 Å². The molecule has 0 saturated carbocycles. The number of rotatable bonds is 4. The first-order chi connectivity index (χ1) is 15.0. The molecule has 7 nitrogen and oxygen atoms in total. The summed E-state index contributed by atoms with van der Waals surface area (Å²) in [6, 6.07) is 5.05. The van der Waals surface area contributed by atoms with E-state index in [1.165, 1.54) is 15.8 Å². The fourth-order valence-corrected chi connectivity index (χ4v) is 5.79. The van der Waals surface area contributed by atoms with Crippen LogP contribution in [0.15, 0.2) is 29.3 Å². The van der Waals surface area contributed by atoms with E-state index in [9.17, 15) is 14.4 Å². The van der Waals surface area contributed by atoms with Gasteiger partial charge in [-0.15, -0.1) is 11.3 Å². The van der Waals surface area contributed by atoms with E-state index in [1.54, 1.807) is 34.4 Å². The van der Waals surface area contributed by atoms with Crippen LogP contribution in [0, 0.1) is 5.92 Å².